The lowest BCUT2D eigenvalue weighted by atomic mass is 10.3. The molecular weight excluding hydrogens is 382 g/mol. The number of hydrogen-bond donors (Lipinski definition) is 1. The molecule has 4 nitrogen and oxygen atoms in total. The van der Waals surface area contributed by atoms with Crippen molar-refractivity contribution >= 4 is 55.7 Å². The SMILES string of the molecule is O=C(CCSc1ccccc1)Nc1nc(-c2nc3ccccc3s2)cs1. The molecule has 0 saturated carbocycles. The lowest BCUT2D eigenvalue weighted by Crippen LogP contribution is -2.11. The standard InChI is InChI=1S/C19H15N3OS3/c23-17(10-11-24-13-6-2-1-3-7-13)22-19-21-15(12-25-19)18-20-14-8-4-5-9-16(14)26-18/h1-9,12H,10-11H2,(H,21,22,23). The van der Waals surface area contributed by atoms with Gasteiger partial charge in [0, 0.05) is 22.4 Å². The molecule has 26 heavy (non-hydrogen) atoms. The van der Waals surface area contributed by atoms with Crippen molar-refractivity contribution in [2.75, 3.05) is 11.1 Å². The van der Waals surface area contributed by atoms with E-state index in [0.29, 0.717) is 11.6 Å². The van der Waals surface area contributed by atoms with E-state index in [9.17, 15) is 4.79 Å². The molecule has 1 amide bonds. The summed E-state index contributed by atoms with van der Waals surface area (Å²) < 4.78 is 1.14. The van der Waals surface area contributed by atoms with E-state index in [-0.39, 0.29) is 5.91 Å². The summed E-state index contributed by atoms with van der Waals surface area (Å²) in [5.74, 6) is 0.727. The van der Waals surface area contributed by atoms with Crippen LogP contribution in [0.2, 0.25) is 0 Å². The zero-order chi connectivity index (χ0) is 17.8. The van der Waals surface area contributed by atoms with Crippen LogP contribution in [-0.4, -0.2) is 21.6 Å². The number of thiazole rings is 2. The molecule has 4 rings (SSSR count). The van der Waals surface area contributed by atoms with Crippen molar-refractivity contribution in [2.45, 2.75) is 11.3 Å². The number of nitrogens with zero attached hydrogens (tertiary/aromatic N) is 2. The third-order valence-corrected chi connectivity index (χ3v) is 6.43. The Morgan fingerprint density at radius 3 is 2.69 bits per heavy atom. The fraction of sp³-hybridized carbons (Fsp3) is 0.105. The van der Waals surface area contributed by atoms with E-state index >= 15 is 0 Å². The van der Waals surface area contributed by atoms with Crippen LogP contribution in [0.5, 0.6) is 0 Å². The van der Waals surface area contributed by atoms with Crippen LogP contribution < -0.4 is 5.32 Å². The van der Waals surface area contributed by atoms with Crippen molar-refractivity contribution in [3.63, 3.8) is 0 Å². The van der Waals surface area contributed by atoms with Crippen LogP contribution in [0.1, 0.15) is 6.42 Å². The molecule has 2 heterocycles. The van der Waals surface area contributed by atoms with Crippen LogP contribution in [0.3, 0.4) is 0 Å². The minimum atomic E-state index is -0.0152. The van der Waals surface area contributed by atoms with Crippen molar-refractivity contribution in [2.24, 2.45) is 0 Å². The lowest BCUT2D eigenvalue weighted by molar-refractivity contribution is -0.115. The Balaban J connectivity index is 1.35. The van der Waals surface area contributed by atoms with Crippen LogP contribution >= 0.6 is 34.4 Å². The summed E-state index contributed by atoms with van der Waals surface area (Å²) in [6.07, 6.45) is 0.454. The number of nitrogens with one attached hydrogen (secondary N) is 1. The van der Waals surface area contributed by atoms with Crippen molar-refractivity contribution in [3.8, 4) is 10.7 Å². The maximum Gasteiger partial charge on any atom is 0.226 e. The summed E-state index contributed by atoms with van der Waals surface area (Å²) in [6, 6.07) is 18.1. The van der Waals surface area contributed by atoms with Crippen LogP contribution in [0, 0.1) is 0 Å². The van der Waals surface area contributed by atoms with Crippen molar-refractivity contribution in [3.05, 3.63) is 60.0 Å². The Bertz CT molecular complexity index is 994. The highest BCUT2D eigenvalue weighted by molar-refractivity contribution is 7.99. The maximum absolute atomic E-state index is 12.1. The van der Waals surface area contributed by atoms with Gasteiger partial charge in [-0.2, -0.15) is 0 Å². The van der Waals surface area contributed by atoms with Gasteiger partial charge >= 0.3 is 0 Å². The summed E-state index contributed by atoms with van der Waals surface area (Å²) in [7, 11) is 0. The van der Waals surface area contributed by atoms with Gasteiger partial charge in [-0.3, -0.25) is 4.79 Å². The first-order valence-corrected chi connectivity index (χ1v) is 10.8. The zero-order valence-corrected chi connectivity index (χ0v) is 16.2. The molecule has 0 aliphatic carbocycles. The second-order valence-electron chi connectivity index (χ2n) is 5.48. The number of para-hydroxylation sites is 1. The quantitative estimate of drug-likeness (QED) is 0.434. The predicted molar refractivity (Wildman–Crippen MR) is 111 cm³/mol. The number of aromatic nitrogens is 2. The molecule has 2 aromatic heterocycles. The Kier molecular flexibility index (Phi) is 5.29. The maximum atomic E-state index is 12.1. The van der Waals surface area contributed by atoms with Crippen LogP contribution in [-0.2, 0) is 4.79 Å². The minimum Gasteiger partial charge on any atom is -0.302 e. The number of anilines is 1. The molecule has 130 valence electrons. The van der Waals surface area contributed by atoms with Gasteiger partial charge in [-0.25, -0.2) is 9.97 Å². The Morgan fingerprint density at radius 2 is 1.85 bits per heavy atom. The molecule has 0 fully saturated rings. The zero-order valence-electron chi connectivity index (χ0n) is 13.7. The topological polar surface area (TPSA) is 54.9 Å². The van der Waals surface area contributed by atoms with Gasteiger partial charge in [0.2, 0.25) is 5.91 Å². The fourth-order valence-electron chi connectivity index (χ4n) is 2.37. The number of carbonyl (C=O) groups excluding carboxylic acids is 1. The van der Waals surface area contributed by atoms with Crippen LogP contribution in [0.15, 0.2) is 64.9 Å². The molecule has 7 heteroatoms. The van der Waals surface area contributed by atoms with Gasteiger partial charge in [-0.15, -0.1) is 34.4 Å². The number of carbonyl (C=O) groups is 1. The monoisotopic (exact) mass is 397 g/mol. The van der Waals surface area contributed by atoms with Crippen molar-refractivity contribution in [1.82, 2.24) is 9.97 Å². The molecule has 0 atom stereocenters. The third kappa shape index (κ3) is 4.12. The Hall–Kier alpha value is -2.22. The van der Waals surface area contributed by atoms with E-state index in [4.69, 9.17) is 0 Å². The fourth-order valence-corrected chi connectivity index (χ4v) is 4.96. The van der Waals surface area contributed by atoms with E-state index in [1.54, 1.807) is 23.1 Å². The van der Waals surface area contributed by atoms with Gasteiger partial charge in [-0.1, -0.05) is 30.3 Å². The molecule has 1 N–H and O–H groups in total. The molecule has 0 aliphatic rings. The van der Waals surface area contributed by atoms with E-state index in [1.807, 2.05) is 53.9 Å². The van der Waals surface area contributed by atoms with Gasteiger partial charge < -0.3 is 5.32 Å². The number of fused-ring (bicyclic) bond motifs is 1. The Labute approximate surface area is 163 Å². The largest absolute Gasteiger partial charge is 0.302 e. The second kappa shape index (κ2) is 7.99. The molecule has 0 bridgehead atoms. The Morgan fingerprint density at radius 1 is 1.04 bits per heavy atom. The van der Waals surface area contributed by atoms with E-state index in [2.05, 4.69) is 21.4 Å². The molecule has 4 aromatic rings. The van der Waals surface area contributed by atoms with Crippen LogP contribution in [0.4, 0.5) is 5.13 Å². The molecule has 0 unspecified atom stereocenters. The first kappa shape index (κ1) is 17.2. The van der Waals surface area contributed by atoms with Gasteiger partial charge in [0.15, 0.2) is 5.13 Å². The van der Waals surface area contributed by atoms with Gasteiger partial charge in [0.1, 0.15) is 10.7 Å². The highest BCUT2D eigenvalue weighted by Crippen LogP contribution is 2.32. The molecular formula is C19H15N3OS3. The summed E-state index contributed by atoms with van der Waals surface area (Å²) in [6.45, 7) is 0. The van der Waals surface area contributed by atoms with Gasteiger partial charge in [-0.05, 0) is 24.3 Å². The smallest absolute Gasteiger partial charge is 0.226 e. The minimum absolute atomic E-state index is 0.0152. The van der Waals surface area contributed by atoms with E-state index in [0.717, 1.165) is 26.7 Å². The molecule has 0 spiro atoms. The molecule has 2 aromatic carbocycles. The van der Waals surface area contributed by atoms with Crippen LogP contribution in [0.25, 0.3) is 20.9 Å². The van der Waals surface area contributed by atoms with Gasteiger partial charge in [0.25, 0.3) is 0 Å². The number of hydrogen-bond acceptors (Lipinski definition) is 6. The summed E-state index contributed by atoms with van der Waals surface area (Å²) in [5.41, 5.74) is 1.79. The normalized spacial score (nSPS) is 10.9. The molecule has 0 radical (unpaired) electrons. The van der Waals surface area contributed by atoms with Gasteiger partial charge in [0.05, 0.1) is 10.2 Å². The number of benzene rings is 2. The summed E-state index contributed by atoms with van der Waals surface area (Å²) >= 11 is 4.72. The summed E-state index contributed by atoms with van der Waals surface area (Å²) in [4.78, 5) is 22.4. The first-order chi connectivity index (χ1) is 12.8. The highest BCUT2D eigenvalue weighted by atomic mass is 32.2. The molecule has 0 aliphatic heterocycles. The van der Waals surface area contributed by atoms with Crippen molar-refractivity contribution < 1.29 is 4.79 Å². The van der Waals surface area contributed by atoms with E-state index < -0.39 is 0 Å². The predicted octanol–water partition coefficient (Wildman–Crippen LogP) is 5.54. The molecule has 0 saturated heterocycles. The average molecular weight is 398 g/mol. The highest BCUT2D eigenvalue weighted by Gasteiger charge is 2.11. The second-order valence-corrected chi connectivity index (χ2v) is 8.54. The lowest BCUT2D eigenvalue weighted by Gasteiger charge is -2.02. The average Bonchev–Trinajstić information content (AvgIpc) is 3.29. The third-order valence-electron chi connectivity index (χ3n) is 3.60. The number of thioether (sulfide) groups is 1. The van der Waals surface area contributed by atoms with E-state index in [1.165, 1.54) is 16.2 Å². The van der Waals surface area contributed by atoms with Crippen molar-refractivity contribution in [1.29, 1.82) is 0 Å². The number of amides is 1. The number of rotatable bonds is 6. The first-order valence-electron chi connectivity index (χ1n) is 8.07. The summed E-state index contributed by atoms with van der Waals surface area (Å²) in [5, 5.41) is 6.32.